The fourth-order valence-electron chi connectivity index (χ4n) is 12.5. The summed E-state index contributed by atoms with van der Waals surface area (Å²) in [5.41, 5.74) is -6.14. The molecule has 10 atom stereocenters. The van der Waals surface area contributed by atoms with Gasteiger partial charge in [-0.1, -0.05) is 68.2 Å². The van der Waals surface area contributed by atoms with Crippen LogP contribution in [0, 0.1) is 22.7 Å². The predicted octanol–water partition coefficient (Wildman–Crippen LogP) is 5.44. The van der Waals surface area contributed by atoms with Gasteiger partial charge in [-0.3, -0.25) is 38.2 Å². The smallest absolute Gasteiger partial charge is 0.408 e. The molecule has 9 rings (SSSR count). The first-order valence-electron chi connectivity index (χ1n) is 33.9. The molecule has 4 aromatic rings. The topological polar surface area (TPSA) is 428 Å². The molecule has 0 bridgehead atoms. The molecular formula is C70H104N10O20PdS2. The van der Waals surface area contributed by atoms with Crippen LogP contribution in [-0.2, 0) is 78.7 Å². The molecule has 8 amide bonds. The van der Waals surface area contributed by atoms with Crippen LogP contribution in [0.2, 0.25) is 0 Å². The summed E-state index contributed by atoms with van der Waals surface area (Å²) in [4.78, 5) is 122. The number of amides is 8. The van der Waals surface area contributed by atoms with Crippen LogP contribution < -0.4 is 49.7 Å². The van der Waals surface area contributed by atoms with Crippen LogP contribution in [0.15, 0.2) is 60.9 Å². The Morgan fingerprint density at radius 1 is 0.573 bits per heavy atom. The van der Waals surface area contributed by atoms with Crippen LogP contribution in [0.1, 0.15) is 162 Å². The molecule has 2 aromatic heterocycles. The fourth-order valence-corrected chi connectivity index (χ4v) is 14.5. The van der Waals surface area contributed by atoms with Crippen molar-refractivity contribution in [2.75, 3.05) is 27.3 Å². The van der Waals surface area contributed by atoms with E-state index in [0.717, 1.165) is 10.8 Å². The van der Waals surface area contributed by atoms with E-state index in [0.29, 0.717) is 59.7 Å². The number of rotatable bonds is 22. The second-order valence-electron chi connectivity index (χ2n) is 31.0. The van der Waals surface area contributed by atoms with E-state index in [1.807, 2.05) is 50.2 Å². The van der Waals surface area contributed by atoms with E-state index in [1.165, 1.54) is 23.6 Å². The third kappa shape index (κ3) is 20.6. The molecule has 2 aliphatic heterocycles. The third-order valence-corrected chi connectivity index (χ3v) is 22.0. The monoisotopic (exact) mass is 1570 g/mol. The summed E-state index contributed by atoms with van der Waals surface area (Å²) in [7, 11) is -4.69. The summed E-state index contributed by atoms with van der Waals surface area (Å²) in [6.07, 6.45) is 2.78. The van der Waals surface area contributed by atoms with Gasteiger partial charge in [-0.15, -0.1) is 0 Å². The number of nitrogens with one attached hydrogen (secondary N) is 6. The molecule has 2 saturated heterocycles. The first-order valence-corrected chi connectivity index (χ1v) is 37.0. The van der Waals surface area contributed by atoms with Gasteiger partial charge in [-0.05, 0) is 163 Å². The number of fused-ring (bicyclic) bond motifs is 2. The average molecular weight is 1580 g/mol. The SMILES string of the molecule is CC[C@@H]1C[C@]1(NC(=O)[C@@H]1C[C@@H](Oc2nccc3cc(OC)ccc23)CN1C(=O)[C@@H](NC(=O)OC(C)(C)C)C(C)(C)C)C(=O)NS(=O)(=O)C(C)C.CC[C@@H]1C[C@]1(NC(=O)[C@@H]1C[C@@H](Oc2nccc3cc(OC)ccc23)CN1C(=O)[C@@H](NC(=O)OC(C)(C)C)C(C)(C)C)C(=O)NS(=O)(=O)C1CC1.O.O.[Pd]. The molecule has 30 nitrogen and oxygen atoms in total. The Morgan fingerprint density at radius 3 is 1.25 bits per heavy atom. The molecule has 0 radical (unpaired) electrons. The number of nitrogens with zero attached hydrogens (tertiary/aromatic N) is 4. The van der Waals surface area contributed by atoms with Crippen molar-refractivity contribution < 1.29 is 115 Å². The van der Waals surface area contributed by atoms with E-state index in [-0.39, 0.29) is 82.0 Å². The Bertz CT molecular complexity index is 3780. The standard InChI is InChI=1S/C35H49N5O9S.C35H51N5O9S.2H2O.Pd/c1-9-21-18-35(21,31(43)39-50(45,46)24-11-12-24)38-28(41)26-17-23(48-29-25-13-10-22(47-8)16-20(25)14-15-36-29)19-40(26)30(42)27(33(2,3)4)37-32(44)49-34(5,6)7;1-11-22-18-35(22,31(43)39-50(45,46)20(2)3)38-28(41)26-17-24(48-29-25-13-12-23(47-10)16-21(25)14-15-36-29)19-40(26)30(42)27(33(4,5)6)37-32(44)49-34(7,8)9;;;/h10,13-16,21,23-24,26-27H,9,11-12,17-19H2,1-8H3,(H,37,44)(H,38,41)(H,39,43);12-16,20,22,24,26-27H,11,17-19H2,1-10H3,(H,37,44)(H,38,41)(H,39,43);2*1H2;/t21-,23-,26+,27-,35-;22-,24-,26+,27-,35-;;;/m11.../s1. The van der Waals surface area contributed by atoms with Crippen LogP contribution in [0.4, 0.5) is 9.59 Å². The quantitative estimate of drug-likeness (QED) is 0.0533. The van der Waals surface area contributed by atoms with Crippen molar-refractivity contribution in [3.05, 3.63) is 60.9 Å². The minimum Gasteiger partial charge on any atom is -0.497 e. The molecule has 3 aliphatic carbocycles. The largest absolute Gasteiger partial charge is 0.497 e. The summed E-state index contributed by atoms with van der Waals surface area (Å²) in [6.45, 7) is 27.5. The van der Waals surface area contributed by atoms with Crippen LogP contribution in [0.25, 0.3) is 21.5 Å². The van der Waals surface area contributed by atoms with E-state index in [9.17, 15) is 55.2 Å². The number of ether oxygens (including phenoxy) is 6. The van der Waals surface area contributed by atoms with Crippen molar-refractivity contribution in [2.45, 2.75) is 231 Å². The first-order chi connectivity index (χ1) is 46.4. The van der Waals surface area contributed by atoms with Crippen LogP contribution >= 0.6 is 0 Å². The Kier molecular flexibility index (Phi) is 27.3. The molecule has 2 aromatic carbocycles. The molecule has 4 heterocycles. The Labute approximate surface area is 616 Å². The summed E-state index contributed by atoms with van der Waals surface area (Å²) < 4.78 is 89.2. The van der Waals surface area contributed by atoms with Gasteiger partial charge in [-0.25, -0.2) is 36.4 Å². The zero-order valence-electron chi connectivity index (χ0n) is 61.9. The van der Waals surface area contributed by atoms with E-state index in [1.54, 1.807) is 122 Å². The van der Waals surface area contributed by atoms with E-state index in [4.69, 9.17) is 28.4 Å². The summed E-state index contributed by atoms with van der Waals surface area (Å²) in [5, 5.41) is 12.6. The Hall–Kier alpha value is -7.70. The minimum absolute atomic E-state index is 0. The number of benzene rings is 2. The van der Waals surface area contributed by atoms with Crippen LogP contribution in [-0.4, -0.2) is 192 Å². The number of likely N-dealkylation sites (tertiary alicyclic amines) is 2. The van der Waals surface area contributed by atoms with Crippen molar-refractivity contribution in [2.24, 2.45) is 22.7 Å². The summed E-state index contributed by atoms with van der Waals surface area (Å²) in [5.74, 6) is -2.63. The summed E-state index contributed by atoms with van der Waals surface area (Å²) >= 11 is 0. The number of carbonyl (C=O) groups excluding carboxylic acids is 8. The van der Waals surface area contributed by atoms with Gasteiger partial charge in [0.15, 0.2) is 0 Å². The van der Waals surface area contributed by atoms with Crippen molar-refractivity contribution in [3.63, 3.8) is 0 Å². The summed E-state index contributed by atoms with van der Waals surface area (Å²) in [6, 6.07) is 10.0. The number of carbonyl (C=O) groups is 8. The van der Waals surface area contributed by atoms with Crippen molar-refractivity contribution >= 4 is 89.2 Å². The van der Waals surface area contributed by atoms with Crippen LogP contribution in [0.5, 0.6) is 23.3 Å². The molecular weight excluding hydrogens is 1470 g/mol. The number of hydrogen-bond acceptors (Lipinski definition) is 20. The van der Waals surface area contributed by atoms with Gasteiger partial charge < -0.3 is 70.4 Å². The number of aromatic nitrogens is 2. The van der Waals surface area contributed by atoms with Gasteiger partial charge in [0.05, 0.1) is 37.8 Å². The number of methoxy groups -OCH3 is 2. The Balaban J connectivity index is 0.000000360. The third-order valence-electron chi connectivity index (χ3n) is 18.4. The molecule has 3 saturated carbocycles. The molecule has 576 valence electrons. The average Bonchev–Trinajstić information content (AvgIpc) is 1.58. The van der Waals surface area contributed by atoms with Gasteiger partial charge in [0.2, 0.25) is 55.4 Å². The van der Waals surface area contributed by atoms with Crippen LogP contribution in [0.3, 0.4) is 0 Å². The van der Waals surface area contributed by atoms with Gasteiger partial charge >= 0.3 is 12.2 Å². The molecule has 0 unspecified atom stereocenters. The first kappa shape index (κ1) is 85.9. The normalized spacial score (nSPS) is 22.9. The van der Waals surface area contributed by atoms with Crippen molar-refractivity contribution in [1.29, 1.82) is 0 Å². The van der Waals surface area contributed by atoms with E-state index >= 15 is 0 Å². The minimum atomic E-state index is -3.97. The number of pyridine rings is 2. The number of hydrogen-bond donors (Lipinski definition) is 6. The zero-order chi connectivity index (χ0) is 74.2. The molecule has 33 heteroatoms. The molecule has 5 fully saturated rings. The van der Waals surface area contributed by atoms with E-state index in [2.05, 4.69) is 40.7 Å². The maximum absolute atomic E-state index is 14.4. The molecule has 5 aliphatic rings. The van der Waals surface area contributed by atoms with Gasteiger partial charge in [0, 0.05) is 56.4 Å². The maximum Gasteiger partial charge on any atom is 0.408 e. The molecule has 103 heavy (non-hydrogen) atoms. The molecule has 0 spiro atoms. The van der Waals surface area contributed by atoms with Gasteiger partial charge in [0.1, 0.15) is 70.2 Å². The van der Waals surface area contributed by atoms with E-state index < -0.39 is 148 Å². The molecule has 10 N–H and O–H groups in total. The predicted molar refractivity (Wildman–Crippen MR) is 379 cm³/mol. The van der Waals surface area contributed by atoms with Crippen molar-refractivity contribution in [3.8, 4) is 23.3 Å². The second kappa shape index (κ2) is 32.8. The van der Waals surface area contributed by atoms with Gasteiger partial charge in [0.25, 0.3) is 11.8 Å². The number of sulfonamides is 2. The fraction of sp³-hybridized carbons (Fsp3) is 0.629. The van der Waals surface area contributed by atoms with Crippen molar-refractivity contribution in [1.82, 2.24) is 50.5 Å². The second-order valence-corrected chi connectivity index (χ2v) is 35.2. The zero-order valence-corrected chi connectivity index (χ0v) is 65.1. The van der Waals surface area contributed by atoms with Gasteiger partial charge in [-0.2, -0.15) is 0 Å². The Morgan fingerprint density at radius 2 is 0.942 bits per heavy atom. The maximum atomic E-state index is 14.4. The number of alkyl carbamates (subject to hydrolysis) is 2.